The zero-order valence-corrected chi connectivity index (χ0v) is 8.08. The fourth-order valence-corrected chi connectivity index (χ4v) is 1.45. The first-order chi connectivity index (χ1) is 7.61. The van der Waals surface area contributed by atoms with Crippen LogP contribution in [-0.2, 0) is 4.74 Å². The van der Waals surface area contributed by atoms with Crippen LogP contribution < -0.4 is 0 Å². The van der Waals surface area contributed by atoms with Gasteiger partial charge in [0.15, 0.2) is 5.72 Å². The molecule has 0 aromatic carbocycles. The lowest BCUT2D eigenvalue weighted by atomic mass is 10.0. The summed E-state index contributed by atoms with van der Waals surface area (Å²) in [6.07, 6.45) is -4.00. The Balaban J connectivity index is 2.91. The van der Waals surface area contributed by atoms with Crippen molar-refractivity contribution in [3.63, 3.8) is 0 Å². The van der Waals surface area contributed by atoms with Crippen LogP contribution >= 0.6 is 0 Å². The molecule has 16 heavy (non-hydrogen) atoms. The summed E-state index contributed by atoms with van der Waals surface area (Å²) in [6.45, 7) is -1.03. The van der Waals surface area contributed by atoms with Crippen molar-refractivity contribution in [2.75, 3.05) is 13.2 Å². The first-order valence-corrected chi connectivity index (χ1v) is 4.33. The monoisotopic (exact) mass is 230 g/mol. The van der Waals surface area contributed by atoms with Crippen LogP contribution in [0, 0.1) is 0 Å². The molecule has 1 fully saturated rings. The summed E-state index contributed by atoms with van der Waals surface area (Å²) >= 11 is 0. The van der Waals surface area contributed by atoms with Gasteiger partial charge in [0.1, 0.15) is 12.2 Å². The first kappa shape index (κ1) is 12.5. The fraction of sp³-hybridized carbons (Fsp3) is 1.00. The first-order valence-electron chi connectivity index (χ1n) is 4.33. The molecule has 3 N–H and O–H groups in total. The van der Waals surface area contributed by atoms with Gasteiger partial charge in [-0.25, -0.2) is 0 Å². The third-order valence-corrected chi connectivity index (χ3v) is 2.29. The second-order valence-electron chi connectivity index (χ2n) is 3.20. The molecule has 0 aromatic heterocycles. The molecule has 0 unspecified atom stereocenters. The zero-order valence-electron chi connectivity index (χ0n) is 8.08. The van der Waals surface area contributed by atoms with E-state index in [1.807, 2.05) is 0 Å². The van der Waals surface area contributed by atoms with Gasteiger partial charge in [-0.3, -0.25) is 0 Å². The van der Waals surface area contributed by atoms with Gasteiger partial charge in [0.05, 0.1) is 19.3 Å². The van der Waals surface area contributed by atoms with Crippen molar-refractivity contribution in [3.8, 4) is 0 Å². The number of aliphatic hydroxyl groups excluding tert-OH is 3. The normalized spacial score (nSPS) is 37.6. The van der Waals surface area contributed by atoms with Crippen LogP contribution in [0.25, 0.3) is 20.9 Å². The summed E-state index contributed by atoms with van der Waals surface area (Å²) in [6, 6.07) is 0. The highest BCUT2D eigenvalue weighted by Gasteiger charge is 2.53. The Morgan fingerprint density at radius 2 is 2.00 bits per heavy atom. The van der Waals surface area contributed by atoms with Crippen LogP contribution in [0.5, 0.6) is 0 Å². The molecule has 0 aliphatic carbocycles. The van der Waals surface area contributed by atoms with Crippen LogP contribution in [0.15, 0.2) is 10.2 Å². The Morgan fingerprint density at radius 1 is 1.31 bits per heavy atom. The molecular weight excluding hydrogens is 220 g/mol. The molecule has 1 aliphatic heterocycles. The maximum Gasteiger partial charge on any atom is 0.198 e. The molecule has 0 saturated carbocycles. The van der Waals surface area contributed by atoms with Crippen LogP contribution in [0.1, 0.15) is 0 Å². The highest BCUT2D eigenvalue weighted by molar-refractivity contribution is 5.01. The van der Waals surface area contributed by atoms with Gasteiger partial charge in [-0.1, -0.05) is 10.2 Å². The fourth-order valence-electron chi connectivity index (χ4n) is 1.45. The van der Waals surface area contributed by atoms with Crippen molar-refractivity contribution in [2.24, 2.45) is 10.2 Å². The van der Waals surface area contributed by atoms with Gasteiger partial charge < -0.3 is 20.1 Å². The maximum absolute atomic E-state index is 9.57. The van der Waals surface area contributed by atoms with Crippen molar-refractivity contribution in [2.45, 2.75) is 24.0 Å². The van der Waals surface area contributed by atoms with Crippen molar-refractivity contribution in [3.05, 3.63) is 20.9 Å². The van der Waals surface area contributed by atoms with Crippen LogP contribution in [0.4, 0.5) is 0 Å². The molecular formula is C6H10N6O4. The van der Waals surface area contributed by atoms with E-state index in [1.54, 1.807) is 0 Å². The number of azide groups is 2. The van der Waals surface area contributed by atoms with E-state index >= 15 is 0 Å². The van der Waals surface area contributed by atoms with Crippen LogP contribution in [0.3, 0.4) is 0 Å². The van der Waals surface area contributed by atoms with Gasteiger partial charge in [-0.2, -0.15) is 0 Å². The summed E-state index contributed by atoms with van der Waals surface area (Å²) in [7, 11) is 0. The number of ether oxygens (including phenoxy) is 1. The Labute approximate surface area is 89.3 Å². The van der Waals surface area contributed by atoms with Crippen molar-refractivity contribution >= 4 is 0 Å². The average molecular weight is 230 g/mol. The van der Waals surface area contributed by atoms with Gasteiger partial charge in [0.2, 0.25) is 0 Å². The van der Waals surface area contributed by atoms with Crippen molar-refractivity contribution in [1.82, 2.24) is 0 Å². The molecule has 1 heterocycles. The summed E-state index contributed by atoms with van der Waals surface area (Å²) in [5, 5.41) is 34.4. The summed E-state index contributed by atoms with van der Waals surface area (Å²) in [5.41, 5.74) is 14.5. The molecule has 10 nitrogen and oxygen atoms in total. The average Bonchev–Trinajstić information content (AvgIpc) is 2.53. The third-order valence-electron chi connectivity index (χ3n) is 2.29. The minimum absolute atomic E-state index is 0.239. The quantitative estimate of drug-likeness (QED) is 0.333. The highest BCUT2D eigenvalue weighted by Crippen LogP contribution is 2.32. The van der Waals surface area contributed by atoms with Crippen molar-refractivity contribution < 1.29 is 20.1 Å². The van der Waals surface area contributed by atoms with Gasteiger partial charge >= 0.3 is 0 Å². The van der Waals surface area contributed by atoms with E-state index in [4.69, 9.17) is 20.9 Å². The summed E-state index contributed by atoms with van der Waals surface area (Å²) in [5.74, 6) is 0. The molecule has 0 bridgehead atoms. The van der Waals surface area contributed by atoms with E-state index in [0.717, 1.165) is 0 Å². The van der Waals surface area contributed by atoms with Crippen LogP contribution in [0.2, 0.25) is 0 Å². The minimum atomic E-state index is -1.93. The molecule has 0 aromatic rings. The number of rotatable bonds is 4. The highest BCUT2D eigenvalue weighted by atomic mass is 16.6. The van der Waals surface area contributed by atoms with Gasteiger partial charge in [0.25, 0.3) is 0 Å². The standard InChI is InChI=1S/C6H10N6O4/c7-11-9-1-3-4(14)5(15)6(2-13,16-3)10-12-8/h3-5,13-15H,1-2H2/t3-,4-,5+,6+/m1/s1. The van der Waals surface area contributed by atoms with E-state index in [1.165, 1.54) is 0 Å². The largest absolute Gasteiger partial charge is 0.393 e. The molecule has 1 rings (SSSR count). The Kier molecular flexibility index (Phi) is 3.91. The third kappa shape index (κ3) is 2.02. The number of aliphatic hydroxyl groups is 3. The zero-order chi connectivity index (χ0) is 12.2. The smallest absolute Gasteiger partial charge is 0.198 e. The lowest BCUT2D eigenvalue weighted by Gasteiger charge is -2.23. The predicted molar refractivity (Wildman–Crippen MR) is 49.9 cm³/mol. The van der Waals surface area contributed by atoms with Gasteiger partial charge in [-0.05, 0) is 11.1 Å². The molecule has 10 heteroatoms. The Hall–Kier alpha value is -1.54. The van der Waals surface area contributed by atoms with Gasteiger partial charge in [0, 0.05) is 9.82 Å². The van der Waals surface area contributed by atoms with E-state index in [2.05, 4.69) is 20.1 Å². The van der Waals surface area contributed by atoms with E-state index in [0.29, 0.717) is 0 Å². The molecule has 1 aliphatic rings. The topological polar surface area (TPSA) is 167 Å². The SMILES string of the molecule is [N-]=[N+]=NC[C@H]1O[C@](CO)(N=[N+]=[N-])[C@@H](O)[C@@H]1O. The second-order valence-corrected chi connectivity index (χ2v) is 3.20. The molecule has 0 radical (unpaired) electrons. The van der Waals surface area contributed by atoms with Crippen LogP contribution in [-0.4, -0.2) is 52.5 Å². The van der Waals surface area contributed by atoms with E-state index in [-0.39, 0.29) is 6.54 Å². The maximum atomic E-state index is 9.57. The molecule has 88 valence electrons. The van der Waals surface area contributed by atoms with E-state index < -0.39 is 30.6 Å². The lowest BCUT2D eigenvalue weighted by molar-refractivity contribution is -0.104. The molecule has 1 saturated heterocycles. The van der Waals surface area contributed by atoms with Crippen molar-refractivity contribution in [1.29, 1.82) is 0 Å². The second kappa shape index (κ2) is 4.99. The molecule has 0 spiro atoms. The number of nitrogens with zero attached hydrogens (tertiary/aromatic N) is 6. The summed E-state index contributed by atoms with van der Waals surface area (Å²) < 4.78 is 5.03. The Bertz CT molecular complexity index is 351. The number of hydrogen-bond donors (Lipinski definition) is 3. The molecule has 0 amide bonds. The predicted octanol–water partition coefficient (Wildman–Crippen LogP) is -0.584. The van der Waals surface area contributed by atoms with E-state index in [9.17, 15) is 10.2 Å². The number of hydrogen-bond acceptors (Lipinski definition) is 6. The lowest BCUT2D eigenvalue weighted by Crippen LogP contribution is -2.44. The minimum Gasteiger partial charge on any atom is -0.393 e. The summed E-state index contributed by atoms with van der Waals surface area (Å²) in [4.78, 5) is 4.89. The van der Waals surface area contributed by atoms with Gasteiger partial charge in [-0.15, -0.1) is 0 Å². The molecule has 4 atom stereocenters. The Morgan fingerprint density at radius 3 is 2.50 bits per heavy atom.